The molecule has 2 aromatic rings. The topological polar surface area (TPSA) is 60.0 Å². The smallest absolute Gasteiger partial charge is 0.151 e. The quantitative estimate of drug-likeness (QED) is 0.941. The van der Waals surface area contributed by atoms with Gasteiger partial charge in [-0.05, 0) is 45.2 Å². The molecular formula is C16H23N5. The molecule has 112 valence electrons. The van der Waals surface area contributed by atoms with Gasteiger partial charge >= 0.3 is 0 Å². The minimum atomic E-state index is 0.297. The molecule has 1 saturated heterocycles. The summed E-state index contributed by atoms with van der Waals surface area (Å²) in [6.45, 7) is 7.28. The molecular weight excluding hydrogens is 262 g/mol. The zero-order valence-corrected chi connectivity index (χ0v) is 13.0. The number of aromatic nitrogens is 3. The van der Waals surface area contributed by atoms with Crippen LogP contribution in [0.15, 0.2) is 24.5 Å². The van der Waals surface area contributed by atoms with E-state index in [0.29, 0.717) is 12.1 Å². The third-order valence-corrected chi connectivity index (χ3v) is 4.19. The van der Waals surface area contributed by atoms with Crippen molar-refractivity contribution in [2.45, 2.75) is 45.7 Å². The molecule has 3 rings (SSSR count). The van der Waals surface area contributed by atoms with Crippen molar-refractivity contribution in [3.63, 3.8) is 0 Å². The van der Waals surface area contributed by atoms with Crippen LogP contribution in [0.25, 0.3) is 0 Å². The first-order chi connectivity index (χ1) is 10.1. The highest BCUT2D eigenvalue weighted by atomic mass is 15.4. The predicted molar refractivity (Wildman–Crippen MR) is 85.3 cm³/mol. The Morgan fingerprint density at radius 3 is 2.86 bits per heavy atom. The maximum Gasteiger partial charge on any atom is 0.151 e. The first-order valence-corrected chi connectivity index (χ1v) is 7.60. The number of hydrogen-bond acceptors (Lipinski definition) is 4. The van der Waals surface area contributed by atoms with Gasteiger partial charge in [0.15, 0.2) is 5.82 Å². The molecule has 0 spiro atoms. The Balaban J connectivity index is 2.03. The zero-order valence-electron chi connectivity index (χ0n) is 13.0. The fraction of sp³-hybridized carbons (Fsp3) is 0.500. The van der Waals surface area contributed by atoms with Gasteiger partial charge in [-0.15, -0.1) is 0 Å². The average molecular weight is 285 g/mol. The molecule has 2 N–H and O–H groups in total. The highest BCUT2D eigenvalue weighted by Gasteiger charge is 2.31. The summed E-state index contributed by atoms with van der Waals surface area (Å²) in [6, 6.07) is 4.79. The largest absolute Gasteiger partial charge is 0.394 e. The molecule has 5 nitrogen and oxygen atoms in total. The van der Waals surface area contributed by atoms with Gasteiger partial charge in [0.25, 0.3) is 0 Å². The second-order valence-corrected chi connectivity index (χ2v) is 6.00. The van der Waals surface area contributed by atoms with Gasteiger partial charge in [-0.3, -0.25) is 4.98 Å². The summed E-state index contributed by atoms with van der Waals surface area (Å²) in [5.74, 6) is 1.06. The van der Waals surface area contributed by atoms with E-state index in [1.54, 1.807) is 0 Å². The van der Waals surface area contributed by atoms with Gasteiger partial charge in [-0.1, -0.05) is 6.07 Å². The maximum absolute atomic E-state index is 6.32. The lowest BCUT2D eigenvalue weighted by Crippen LogP contribution is -2.27. The van der Waals surface area contributed by atoms with E-state index in [0.717, 1.165) is 30.2 Å². The van der Waals surface area contributed by atoms with E-state index in [9.17, 15) is 0 Å². The van der Waals surface area contributed by atoms with Crippen molar-refractivity contribution in [2.24, 2.45) is 0 Å². The molecule has 3 heterocycles. The van der Waals surface area contributed by atoms with Crippen molar-refractivity contribution in [3.05, 3.63) is 35.8 Å². The molecule has 5 heteroatoms. The monoisotopic (exact) mass is 285 g/mol. The van der Waals surface area contributed by atoms with E-state index in [1.807, 2.05) is 25.4 Å². The second kappa shape index (κ2) is 5.39. The van der Waals surface area contributed by atoms with Crippen molar-refractivity contribution < 1.29 is 0 Å². The maximum atomic E-state index is 6.32. The van der Waals surface area contributed by atoms with Crippen LogP contribution in [0.4, 0.5) is 11.5 Å². The zero-order chi connectivity index (χ0) is 15.0. The molecule has 1 aliphatic rings. The number of pyridine rings is 1. The van der Waals surface area contributed by atoms with Gasteiger partial charge in [0.05, 0.1) is 17.4 Å². The normalized spacial score (nSPS) is 18.7. The summed E-state index contributed by atoms with van der Waals surface area (Å²) >= 11 is 0. The lowest BCUT2D eigenvalue weighted by atomic mass is 10.1. The van der Waals surface area contributed by atoms with E-state index >= 15 is 0 Å². The van der Waals surface area contributed by atoms with E-state index < -0.39 is 0 Å². The van der Waals surface area contributed by atoms with Crippen molar-refractivity contribution in [2.75, 3.05) is 17.2 Å². The van der Waals surface area contributed by atoms with Gasteiger partial charge in [-0.2, -0.15) is 5.10 Å². The number of nitrogens with two attached hydrogens (primary N) is 1. The van der Waals surface area contributed by atoms with Gasteiger partial charge in [0, 0.05) is 25.0 Å². The summed E-state index contributed by atoms with van der Waals surface area (Å²) < 4.78 is 2.05. The molecule has 0 amide bonds. The van der Waals surface area contributed by atoms with Crippen molar-refractivity contribution in [3.8, 4) is 0 Å². The minimum Gasteiger partial charge on any atom is -0.394 e. The van der Waals surface area contributed by atoms with Crippen LogP contribution in [0, 0.1) is 6.92 Å². The standard InChI is InChI=1S/C16H23N5/c1-11(2)21-16(15(17)12(3)19-21)20-9-5-7-14(20)13-6-4-8-18-10-13/h4,6,8,10-11,14H,5,7,9,17H2,1-3H3. The van der Waals surface area contributed by atoms with E-state index in [1.165, 1.54) is 12.0 Å². The molecule has 1 unspecified atom stereocenters. The molecule has 2 aromatic heterocycles. The lowest BCUT2D eigenvalue weighted by molar-refractivity contribution is 0.519. The van der Waals surface area contributed by atoms with E-state index in [-0.39, 0.29) is 0 Å². The van der Waals surface area contributed by atoms with Crippen molar-refractivity contribution in [1.29, 1.82) is 0 Å². The van der Waals surface area contributed by atoms with E-state index in [4.69, 9.17) is 5.73 Å². The number of anilines is 2. The van der Waals surface area contributed by atoms with Gasteiger partial charge in [-0.25, -0.2) is 4.68 Å². The van der Waals surface area contributed by atoms with Crippen molar-refractivity contribution >= 4 is 11.5 Å². The molecule has 1 atom stereocenters. The highest BCUT2D eigenvalue weighted by molar-refractivity contribution is 5.67. The molecule has 0 bridgehead atoms. The second-order valence-electron chi connectivity index (χ2n) is 6.00. The summed E-state index contributed by atoms with van der Waals surface area (Å²) in [6.07, 6.45) is 6.08. The Hall–Kier alpha value is -2.04. The van der Waals surface area contributed by atoms with Crippen LogP contribution in [-0.2, 0) is 0 Å². The molecule has 0 aliphatic carbocycles. The molecule has 1 aliphatic heterocycles. The highest BCUT2D eigenvalue weighted by Crippen LogP contribution is 2.40. The third-order valence-electron chi connectivity index (χ3n) is 4.19. The van der Waals surface area contributed by atoms with Gasteiger partial charge < -0.3 is 10.6 Å². The predicted octanol–water partition coefficient (Wildman–Crippen LogP) is 3.09. The third kappa shape index (κ3) is 2.37. The van der Waals surface area contributed by atoms with Crippen LogP contribution in [-0.4, -0.2) is 21.3 Å². The number of hydrogen-bond donors (Lipinski definition) is 1. The molecule has 1 fully saturated rings. The van der Waals surface area contributed by atoms with Gasteiger partial charge in [0.1, 0.15) is 0 Å². The van der Waals surface area contributed by atoms with Crippen LogP contribution in [0.3, 0.4) is 0 Å². The number of nitrogens with zero attached hydrogens (tertiary/aromatic N) is 4. The minimum absolute atomic E-state index is 0.297. The average Bonchev–Trinajstić information content (AvgIpc) is 3.06. The summed E-state index contributed by atoms with van der Waals surface area (Å²) in [5.41, 5.74) is 9.29. The first kappa shape index (κ1) is 13.9. The summed E-state index contributed by atoms with van der Waals surface area (Å²) in [7, 11) is 0. The van der Waals surface area contributed by atoms with Crippen LogP contribution in [0.2, 0.25) is 0 Å². The molecule has 0 radical (unpaired) electrons. The van der Waals surface area contributed by atoms with Crippen LogP contribution in [0.1, 0.15) is 50.0 Å². The SMILES string of the molecule is Cc1nn(C(C)C)c(N2CCCC2c2cccnc2)c1N. The van der Waals surface area contributed by atoms with Crippen LogP contribution >= 0.6 is 0 Å². The molecule has 21 heavy (non-hydrogen) atoms. The summed E-state index contributed by atoms with van der Waals surface area (Å²) in [4.78, 5) is 6.66. The Morgan fingerprint density at radius 1 is 1.38 bits per heavy atom. The lowest BCUT2D eigenvalue weighted by Gasteiger charge is -2.28. The molecule has 0 saturated carbocycles. The number of rotatable bonds is 3. The number of nitrogen functional groups attached to an aromatic ring is 1. The Kier molecular flexibility index (Phi) is 3.57. The Morgan fingerprint density at radius 2 is 2.19 bits per heavy atom. The van der Waals surface area contributed by atoms with Crippen LogP contribution < -0.4 is 10.6 Å². The Labute approximate surface area is 125 Å². The fourth-order valence-electron chi connectivity index (χ4n) is 3.13. The van der Waals surface area contributed by atoms with E-state index in [2.05, 4.69) is 39.6 Å². The fourth-order valence-corrected chi connectivity index (χ4v) is 3.13. The van der Waals surface area contributed by atoms with Gasteiger partial charge in [0.2, 0.25) is 0 Å². The van der Waals surface area contributed by atoms with Crippen LogP contribution in [0.5, 0.6) is 0 Å². The Bertz CT molecular complexity index is 617. The number of aryl methyl sites for hydroxylation is 1. The first-order valence-electron chi connectivity index (χ1n) is 7.60. The van der Waals surface area contributed by atoms with Crippen molar-refractivity contribution in [1.82, 2.24) is 14.8 Å². The summed E-state index contributed by atoms with van der Waals surface area (Å²) in [5, 5.41) is 4.62. The molecule has 0 aromatic carbocycles.